The zero-order valence-electron chi connectivity index (χ0n) is 11.6. The summed E-state index contributed by atoms with van der Waals surface area (Å²) < 4.78 is 4.97. The van der Waals surface area contributed by atoms with E-state index in [1.165, 1.54) is 0 Å². The Morgan fingerprint density at radius 2 is 2.06 bits per heavy atom. The number of nitrogens with zero attached hydrogens (tertiary/aromatic N) is 1. The van der Waals surface area contributed by atoms with Crippen molar-refractivity contribution in [2.24, 2.45) is 5.92 Å². The van der Waals surface area contributed by atoms with Crippen LogP contribution in [0.15, 0.2) is 0 Å². The third-order valence-corrected chi connectivity index (χ3v) is 3.24. The number of ether oxygens (including phenoxy) is 1. The Balaban J connectivity index is 2.55. The van der Waals surface area contributed by atoms with Crippen LogP contribution >= 0.6 is 0 Å². The minimum Gasteiger partial charge on any atom is -0.466 e. The third kappa shape index (κ3) is 4.64. The zero-order valence-corrected chi connectivity index (χ0v) is 11.6. The summed E-state index contributed by atoms with van der Waals surface area (Å²) in [6.07, 6.45) is 1.33. The number of nitrogens with one attached hydrogen (secondary N) is 1. The highest BCUT2D eigenvalue weighted by molar-refractivity contribution is 5.74. The fourth-order valence-electron chi connectivity index (χ4n) is 2.50. The molecular weight excluding hydrogens is 232 g/mol. The van der Waals surface area contributed by atoms with Crippen molar-refractivity contribution in [2.45, 2.75) is 39.7 Å². The normalized spacial score (nSPS) is 23.8. The average Bonchev–Trinajstić information content (AvgIpc) is 2.29. The molecular formula is C13H24N2O3. The second-order valence-electron chi connectivity index (χ2n) is 4.79. The van der Waals surface area contributed by atoms with Gasteiger partial charge in [0.05, 0.1) is 13.0 Å². The van der Waals surface area contributed by atoms with Crippen molar-refractivity contribution >= 4 is 11.9 Å². The van der Waals surface area contributed by atoms with Gasteiger partial charge in [0.1, 0.15) is 0 Å². The summed E-state index contributed by atoms with van der Waals surface area (Å²) in [5.41, 5.74) is 0. The molecule has 0 aromatic rings. The maximum Gasteiger partial charge on any atom is 0.306 e. The average molecular weight is 256 g/mol. The summed E-state index contributed by atoms with van der Waals surface area (Å²) in [6.45, 7) is 8.13. The minimum atomic E-state index is -0.164. The molecule has 18 heavy (non-hydrogen) atoms. The molecule has 0 saturated carbocycles. The van der Waals surface area contributed by atoms with Crippen molar-refractivity contribution in [2.75, 3.05) is 26.2 Å². The number of rotatable bonds is 5. The molecule has 1 aliphatic heterocycles. The topological polar surface area (TPSA) is 58.6 Å². The van der Waals surface area contributed by atoms with Gasteiger partial charge in [-0.2, -0.15) is 0 Å². The van der Waals surface area contributed by atoms with Crippen molar-refractivity contribution in [3.05, 3.63) is 0 Å². The van der Waals surface area contributed by atoms with Gasteiger partial charge in [0.15, 0.2) is 0 Å². The molecule has 2 unspecified atom stereocenters. The SMILES string of the molecule is CCNC1CC(CC(=O)OCC)CN(C(C)=O)C1. The van der Waals surface area contributed by atoms with Gasteiger partial charge in [-0.1, -0.05) is 6.92 Å². The molecule has 2 atom stereocenters. The second-order valence-corrected chi connectivity index (χ2v) is 4.79. The summed E-state index contributed by atoms with van der Waals surface area (Å²) in [6, 6.07) is 0.284. The Morgan fingerprint density at radius 1 is 1.33 bits per heavy atom. The lowest BCUT2D eigenvalue weighted by Crippen LogP contribution is -2.51. The molecule has 1 heterocycles. The van der Waals surface area contributed by atoms with Crippen molar-refractivity contribution in [1.82, 2.24) is 10.2 Å². The molecule has 104 valence electrons. The highest BCUT2D eigenvalue weighted by Crippen LogP contribution is 2.20. The van der Waals surface area contributed by atoms with Gasteiger partial charge in [-0.25, -0.2) is 0 Å². The van der Waals surface area contributed by atoms with Crippen molar-refractivity contribution in [3.63, 3.8) is 0 Å². The number of amides is 1. The molecule has 0 aliphatic carbocycles. The maximum absolute atomic E-state index is 11.5. The zero-order chi connectivity index (χ0) is 13.5. The van der Waals surface area contributed by atoms with Crippen LogP contribution in [0.3, 0.4) is 0 Å². The number of likely N-dealkylation sites (tertiary alicyclic amines) is 1. The fourth-order valence-corrected chi connectivity index (χ4v) is 2.50. The molecule has 5 nitrogen and oxygen atoms in total. The van der Waals surface area contributed by atoms with Gasteiger partial charge in [0, 0.05) is 26.1 Å². The van der Waals surface area contributed by atoms with Crippen LogP contribution < -0.4 is 5.32 Å². The first-order valence-corrected chi connectivity index (χ1v) is 6.71. The number of hydrogen-bond donors (Lipinski definition) is 1. The quantitative estimate of drug-likeness (QED) is 0.739. The lowest BCUT2D eigenvalue weighted by molar-refractivity contribution is -0.145. The summed E-state index contributed by atoms with van der Waals surface area (Å²) in [4.78, 5) is 24.8. The highest BCUT2D eigenvalue weighted by atomic mass is 16.5. The van der Waals surface area contributed by atoms with Crippen LogP contribution in [0.1, 0.15) is 33.6 Å². The largest absolute Gasteiger partial charge is 0.466 e. The predicted molar refractivity (Wildman–Crippen MR) is 69.1 cm³/mol. The fraction of sp³-hybridized carbons (Fsp3) is 0.846. The first-order valence-electron chi connectivity index (χ1n) is 6.71. The Morgan fingerprint density at radius 3 is 2.61 bits per heavy atom. The third-order valence-electron chi connectivity index (χ3n) is 3.24. The van der Waals surface area contributed by atoms with Gasteiger partial charge in [0.2, 0.25) is 5.91 Å². The van der Waals surface area contributed by atoms with Crippen LogP contribution in [0.4, 0.5) is 0 Å². The van der Waals surface area contributed by atoms with E-state index in [9.17, 15) is 9.59 Å². The van der Waals surface area contributed by atoms with Crippen molar-refractivity contribution in [3.8, 4) is 0 Å². The summed E-state index contributed by atoms with van der Waals surface area (Å²) in [5, 5.41) is 3.36. The van der Waals surface area contributed by atoms with E-state index in [0.29, 0.717) is 19.6 Å². The highest BCUT2D eigenvalue weighted by Gasteiger charge is 2.29. The number of hydrogen-bond acceptors (Lipinski definition) is 4. The molecule has 1 N–H and O–H groups in total. The van der Waals surface area contributed by atoms with E-state index < -0.39 is 0 Å². The monoisotopic (exact) mass is 256 g/mol. The number of carbonyl (C=O) groups excluding carboxylic acids is 2. The Hall–Kier alpha value is -1.10. The van der Waals surface area contributed by atoms with Crippen molar-refractivity contribution in [1.29, 1.82) is 0 Å². The van der Waals surface area contributed by atoms with E-state index in [-0.39, 0.29) is 23.8 Å². The predicted octanol–water partition coefficient (Wildman–Crippen LogP) is 0.786. The Kier molecular flexibility index (Phi) is 6.12. The molecule has 1 fully saturated rings. The molecule has 1 amide bonds. The van der Waals surface area contributed by atoms with Crippen LogP contribution in [0, 0.1) is 5.92 Å². The molecule has 0 spiro atoms. The van der Waals surface area contributed by atoms with Gasteiger partial charge >= 0.3 is 5.97 Å². The molecule has 0 aromatic carbocycles. The smallest absolute Gasteiger partial charge is 0.306 e. The van der Waals surface area contributed by atoms with Crippen LogP contribution in [-0.4, -0.2) is 49.1 Å². The molecule has 1 saturated heterocycles. The van der Waals surface area contributed by atoms with Gasteiger partial charge < -0.3 is 15.0 Å². The molecule has 5 heteroatoms. The molecule has 1 aliphatic rings. The number of piperidine rings is 1. The Labute approximate surface area is 109 Å². The Bertz CT molecular complexity index is 294. The number of carbonyl (C=O) groups is 2. The lowest BCUT2D eigenvalue weighted by atomic mass is 9.91. The van der Waals surface area contributed by atoms with Crippen LogP contribution in [0.2, 0.25) is 0 Å². The van der Waals surface area contributed by atoms with Gasteiger partial charge in [-0.05, 0) is 25.8 Å². The van der Waals surface area contributed by atoms with Gasteiger partial charge in [-0.3, -0.25) is 9.59 Å². The molecule has 0 bridgehead atoms. The number of likely N-dealkylation sites (N-methyl/N-ethyl adjacent to an activating group) is 1. The van der Waals surface area contributed by atoms with E-state index in [2.05, 4.69) is 5.32 Å². The standard InChI is InChI=1S/C13H24N2O3/c1-4-14-12-6-11(7-13(17)18-5-2)8-15(9-12)10(3)16/h11-12,14H,4-9H2,1-3H3. The van der Waals surface area contributed by atoms with Crippen molar-refractivity contribution < 1.29 is 14.3 Å². The first-order chi connectivity index (χ1) is 8.56. The van der Waals surface area contributed by atoms with Crippen LogP contribution in [-0.2, 0) is 14.3 Å². The van der Waals surface area contributed by atoms with Gasteiger partial charge in [0.25, 0.3) is 0 Å². The van der Waals surface area contributed by atoms with Crippen LogP contribution in [0.5, 0.6) is 0 Å². The minimum absolute atomic E-state index is 0.0754. The molecule has 0 aromatic heterocycles. The molecule has 0 radical (unpaired) electrons. The maximum atomic E-state index is 11.5. The summed E-state index contributed by atoms with van der Waals surface area (Å²) in [5.74, 6) is 0.111. The lowest BCUT2D eigenvalue weighted by Gasteiger charge is -2.37. The second kappa shape index (κ2) is 7.36. The summed E-state index contributed by atoms with van der Waals surface area (Å²) >= 11 is 0. The number of esters is 1. The van der Waals surface area contributed by atoms with E-state index >= 15 is 0 Å². The van der Waals surface area contributed by atoms with Gasteiger partial charge in [-0.15, -0.1) is 0 Å². The van der Waals surface area contributed by atoms with E-state index in [1.807, 2.05) is 18.7 Å². The van der Waals surface area contributed by atoms with E-state index in [4.69, 9.17) is 4.74 Å². The van der Waals surface area contributed by atoms with Crippen LogP contribution in [0.25, 0.3) is 0 Å². The summed E-state index contributed by atoms with van der Waals surface area (Å²) in [7, 11) is 0. The first kappa shape index (κ1) is 15.0. The molecule has 1 rings (SSSR count). The van der Waals surface area contributed by atoms with E-state index in [0.717, 1.165) is 19.5 Å². The van der Waals surface area contributed by atoms with E-state index in [1.54, 1.807) is 6.92 Å².